The number of halogens is 1. The summed E-state index contributed by atoms with van der Waals surface area (Å²) in [7, 11) is 0. The third-order valence-electron chi connectivity index (χ3n) is 4.97. The first-order chi connectivity index (χ1) is 14.2. The van der Waals surface area contributed by atoms with Gasteiger partial charge in [-0.2, -0.15) is 0 Å². The maximum Gasteiger partial charge on any atom is 0.223 e. The molecule has 0 radical (unpaired) electrons. The number of pyridine rings is 1. The first-order valence-electron chi connectivity index (χ1n) is 9.37. The normalized spacial score (nSPS) is 11.5. The number of aryl methyl sites for hydroxylation is 1. The average molecular weight is 383 g/mol. The van der Waals surface area contributed by atoms with Crippen molar-refractivity contribution in [3.05, 3.63) is 83.9 Å². The molecule has 3 heterocycles. The quantitative estimate of drug-likeness (QED) is 0.441. The van der Waals surface area contributed by atoms with E-state index in [0.29, 0.717) is 18.1 Å². The first-order valence-corrected chi connectivity index (χ1v) is 9.37. The van der Waals surface area contributed by atoms with E-state index in [-0.39, 0.29) is 5.82 Å². The molecule has 0 saturated carbocycles. The lowest BCUT2D eigenvalue weighted by atomic mass is 10.0. The fourth-order valence-corrected chi connectivity index (χ4v) is 3.49. The molecular formula is C23H18FN5. The van der Waals surface area contributed by atoms with Crippen molar-refractivity contribution in [2.24, 2.45) is 0 Å². The molecule has 142 valence electrons. The molecule has 2 aromatic heterocycles. The highest BCUT2D eigenvalue weighted by Gasteiger charge is 2.21. The second-order valence-corrected chi connectivity index (χ2v) is 6.97. The summed E-state index contributed by atoms with van der Waals surface area (Å²) < 4.78 is 14.1. The van der Waals surface area contributed by atoms with Crippen molar-refractivity contribution in [2.75, 3.05) is 10.6 Å². The molecule has 1 aliphatic heterocycles. The van der Waals surface area contributed by atoms with Crippen LogP contribution in [-0.4, -0.2) is 15.0 Å². The van der Waals surface area contributed by atoms with Gasteiger partial charge in [0, 0.05) is 46.9 Å². The predicted molar refractivity (Wildman–Crippen MR) is 112 cm³/mol. The number of nitrogens with zero attached hydrogens (tertiary/aromatic N) is 3. The Morgan fingerprint density at radius 2 is 1.83 bits per heavy atom. The molecule has 2 N–H and O–H groups in total. The summed E-state index contributed by atoms with van der Waals surface area (Å²) in [6.07, 6.45) is 3.55. The number of benzene rings is 2. The van der Waals surface area contributed by atoms with E-state index in [1.807, 2.05) is 49.4 Å². The smallest absolute Gasteiger partial charge is 0.223 e. The zero-order chi connectivity index (χ0) is 19.8. The molecule has 0 spiro atoms. The average Bonchev–Trinajstić information content (AvgIpc) is 2.87. The molecule has 0 amide bonds. The predicted octanol–water partition coefficient (Wildman–Crippen LogP) is 5.32. The van der Waals surface area contributed by atoms with Crippen LogP contribution in [0.15, 0.2) is 67.0 Å². The second kappa shape index (κ2) is 6.98. The van der Waals surface area contributed by atoms with Crippen LogP contribution in [0.3, 0.4) is 0 Å². The Kier molecular flexibility index (Phi) is 4.17. The summed E-state index contributed by atoms with van der Waals surface area (Å²) in [5, 5.41) is 6.53. The SMILES string of the molecule is Cc1ccc(CNc2ncc3c(n2)-c2cccnc2Nc2ccccc2-3)c(F)c1. The van der Waals surface area contributed by atoms with Gasteiger partial charge in [0.05, 0.1) is 5.69 Å². The van der Waals surface area contributed by atoms with Gasteiger partial charge in [0.25, 0.3) is 0 Å². The molecule has 5 rings (SSSR count). The van der Waals surface area contributed by atoms with Gasteiger partial charge in [0.1, 0.15) is 11.6 Å². The van der Waals surface area contributed by atoms with Crippen LogP contribution in [0.2, 0.25) is 0 Å². The van der Waals surface area contributed by atoms with E-state index in [4.69, 9.17) is 4.98 Å². The van der Waals surface area contributed by atoms with Crippen LogP contribution in [-0.2, 0) is 6.54 Å². The molecule has 0 atom stereocenters. The fourth-order valence-electron chi connectivity index (χ4n) is 3.49. The molecule has 2 aromatic carbocycles. The molecule has 1 aliphatic rings. The van der Waals surface area contributed by atoms with Crippen LogP contribution in [0.1, 0.15) is 11.1 Å². The minimum absolute atomic E-state index is 0.236. The van der Waals surface area contributed by atoms with Crippen LogP contribution < -0.4 is 10.6 Å². The molecule has 0 fully saturated rings. The van der Waals surface area contributed by atoms with Crippen molar-refractivity contribution in [3.8, 4) is 22.4 Å². The number of anilines is 3. The molecule has 0 aliphatic carbocycles. The number of fused-ring (bicyclic) bond motifs is 5. The van der Waals surface area contributed by atoms with Crippen LogP contribution in [0.5, 0.6) is 0 Å². The monoisotopic (exact) mass is 383 g/mol. The first kappa shape index (κ1) is 17.3. The van der Waals surface area contributed by atoms with Crippen molar-refractivity contribution in [2.45, 2.75) is 13.5 Å². The minimum atomic E-state index is -0.236. The molecular weight excluding hydrogens is 365 g/mol. The highest BCUT2D eigenvalue weighted by molar-refractivity contribution is 5.95. The van der Waals surface area contributed by atoms with Gasteiger partial charge in [-0.05, 0) is 36.8 Å². The fraction of sp³-hybridized carbons (Fsp3) is 0.0870. The number of aromatic nitrogens is 3. The Bertz CT molecular complexity index is 1220. The van der Waals surface area contributed by atoms with Gasteiger partial charge in [-0.3, -0.25) is 0 Å². The third kappa shape index (κ3) is 3.18. The van der Waals surface area contributed by atoms with Crippen molar-refractivity contribution in [3.63, 3.8) is 0 Å². The van der Waals surface area contributed by atoms with Crippen LogP contribution in [0.25, 0.3) is 22.4 Å². The van der Waals surface area contributed by atoms with Gasteiger partial charge in [-0.1, -0.05) is 30.3 Å². The van der Waals surface area contributed by atoms with Crippen molar-refractivity contribution in [1.82, 2.24) is 15.0 Å². The van der Waals surface area contributed by atoms with Crippen LogP contribution in [0, 0.1) is 12.7 Å². The van der Waals surface area contributed by atoms with E-state index < -0.39 is 0 Å². The topological polar surface area (TPSA) is 62.7 Å². The van der Waals surface area contributed by atoms with Crippen LogP contribution >= 0.6 is 0 Å². The lowest BCUT2D eigenvalue weighted by Gasteiger charge is -2.11. The number of nitrogens with one attached hydrogen (secondary N) is 2. The van der Waals surface area contributed by atoms with Crippen molar-refractivity contribution >= 4 is 17.5 Å². The van der Waals surface area contributed by atoms with Crippen LogP contribution in [0.4, 0.5) is 21.8 Å². The molecule has 0 saturated heterocycles. The Labute approximate surface area is 167 Å². The van der Waals surface area contributed by atoms with E-state index in [9.17, 15) is 4.39 Å². The minimum Gasteiger partial charge on any atom is -0.350 e. The van der Waals surface area contributed by atoms with E-state index in [1.54, 1.807) is 18.5 Å². The third-order valence-corrected chi connectivity index (χ3v) is 4.97. The molecule has 5 nitrogen and oxygen atoms in total. The Hall–Kier alpha value is -3.80. The highest BCUT2D eigenvalue weighted by Crippen LogP contribution is 2.42. The molecule has 0 bridgehead atoms. The molecule has 29 heavy (non-hydrogen) atoms. The summed E-state index contributed by atoms with van der Waals surface area (Å²) in [4.78, 5) is 13.7. The summed E-state index contributed by atoms with van der Waals surface area (Å²) in [6, 6.07) is 17.1. The van der Waals surface area contributed by atoms with E-state index in [1.165, 1.54) is 6.07 Å². The number of hydrogen-bond donors (Lipinski definition) is 2. The Balaban J connectivity index is 1.56. The molecule has 6 heteroatoms. The van der Waals surface area contributed by atoms with Gasteiger partial charge < -0.3 is 10.6 Å². The number of rotatable bonds is 3. The van der Waals surface area contributed by atoms with Gasteiger partial charge in [-0.25, -0.2) is 19.3 Å². The molecule has 0 unspecified atom stereocenters. The Morgan fingerprint density at radius 3 is 2.72 bits per heavy atom. The van der Waals surface area contributed by atoms with Gasteiger partial charge in [-0.15, -0.1) is 0 Å². The van der Waals surface area contributed by atoms with Gasteiger partial charge in [0.2, 0.25) is 5.95 Å². The Morgan fingerprint density at radius 1 is 0.966 bits per heavy atom. The largest absolute Gasteiger partial charge is 0.350 e. The summed E-state index contributed by atoms with van der Waals surface area (Å²) >= 11 is 0. The number of hydrogen-bond acceptors (Lipinski definition) is 5. The summed E-state index contributed by atoms with van der Waals surface area (Å²) in [5.74, 6) is 0.950. The van der Waals surface area contributed by atoms with E-state index in [0.717, 1.165) is 39.5 Å². The van der Waals surface area contributed by atoms with Gasteiger partial charge >= 0.3 is 0 Å². The lowest BCUT2D eigenvalue weighted by Crippen LogP contribution is -2.06. The summed E-state index contributed by atoms with van der Waals surface area (Å²) in [6.45, 7) is 2.17. The molecule has 4 aromatic rings. The maximum atomic E-state index is 14.1. The van der Waals surface area contributed by atoms with Crippen molar-refractivity contribution < 1.29 is 4.39 Å². The zero-order valence-corrected chi connectivity index (χ0v) is 15.8. The van der Waals surface area contributed by atoms with E-state index in [2.05, 4.69) is 20.6 Å². The van der Waals surface area contributed by atoms with E-state index >= 15 is 0 Å². The summed E-state index contributed by atoms with van der Waals surface area (Å²) in [5.41, 5.74) is 6.03. The second-order valence-electron chi connectivity index (χ2n) is 6.97. The van der Waals surface area contributed by atoms with Gasteiger partial charge in [0.15, 0.2) is 0 Å². The highest BCUT2D eigenvalue weighted by atomic mass is 19.1. The zero-order valence-electron chi connectivity index (χ0n) is 15.8. The lowest BCUT2D eigenvalue weighted by molar-refractivity contribution is 0.611. The number of para-hydroxylation sites is 1. The van der Waals surface area contributed by atoms with Crippen molar-refractivity contribution in [1.29, 1.82) is 0 Å². The standard InChI is InChI=1S/C23H18FN5/c1-14-8-9-15(19(24)11-14)12-26-23-27-13-18-16-5-2-3-7-20(16)28-22-17(21(18)29-23)6-4-10-25-22/h2-11,13H,12H2,1H3,(H,25,28)(H,26,27,29). The maximum absolute atomic E-state index is 14.1.